The van der Waals surface area contributed by atoms with Gasteiger partial charge < -0.3 is 0 Å². The maximum Gasteiger partial charge on any atom is 0.265 e. The maximum atomic E-state index is 12.4. The van der Waals surface area contributed by atoms with Gasteiger partial charge >= 0.3 is 0 Å². The first-order chi connectivity index (χ1) is 11.0. The Morgan fingerprint density at radius 2 is 1.70 bits per heavy atom. The van der Waals surface area contributed by atoms with Crippen LogP contribution in [0.2, 0.25) is 0 Å². The van der Waals surface area contributed by atoms with Crippen LogP contribution < -0.4 is 15.6 Å². The van der Waals surface area contributed by atoms with Crippen LogP contribution in [-0.4, -0.2) is 20.1 Å². The number of amides is 1. The number of nitrogen functional groups attached to an aromatic ring is 1. The van der Waals surface area contributed by atoms with Gasteiger partial charge in [0, 0.05) is 5.56 Å². The Labute approximate surface area is 135 Å². The number of nitrogens with zero attached hydrogens (tertiary/aromatic N) is 1. The van der Waals surface area contributed by atoms with E-state index in [0.717, 1.165) is 5.56 Å². The van der Waals surface area contributed by atoms with E-state index in [1.54, 1.807) is 55.5 Å². The highest BCUT2D eigenvalue weighted by molar-refractivity contribution is 7.92. The molecule has 2 aromatic carbocycles. The Balaban J connectivity index is 2.30. The Morgan fingerprint density at radius 1 is 1.09 bits per heavy atom. The summed E-state index contributed by atoms with van der Waals surface area (Å²) >= 11 is 0. The number of rotatable bonds is 6. The molecule has 2 rings (SSSR count). The lowest BCUT2D eigenvalue weighted by molar-refractivity contribution is 0.0953. The molecule has 0 heterocycles. The van der Waals surface area contributed by atoms with Crippen LogP contribution in [0.5, 0.6) is 0 Å². The molecule has 3 N–H and O–H groups in total. The van der Waals surface area contributed by atoms with E-state index in [1.165, 1.54) is 4.31 Å². The third kappa shape index (κ3) is 4.08. The number of anilines is 1. The highest BCUT2D eigenvalue weighted by atomic mass is 32.2. The summed E-state index contributed by atoms with van der Waals surface area (Å²) in [6, 6.07) is 15.6. The lowest BCUT2D eigenvalue weighted by Gasteiger charge is -2.24. The topological polar surface area (TPSA) is 92.5 Å². The van der Waals surface area contributed by atoms with E-state index in [2.05, 4.69) is 5.43 Å². The van der Waals surface area contributed by atoms with Crippen molar-refractivity contribution in [3.8, 4) is 0 Å². The molecule has 0 saturated carbocycles. The zero-order chi connectivity index (χ0) is 16.9. The Bertz CT molecular complexity index is 759. The van der Waals surface area contributed by atoms with Crippen molar-refractivity contribution in [2.45, 2.75) is 13.5 Å². The molecule has 6 nitrogen and oxygen atoms in total. The van der Waals surface area contributed by atoms with Crippen molar-refractivity contribution in [1.29, 1.82) is 0 Å². The number of carbonyl (C=O) groups excluding carboxylic acids is 1. The fraction of sp³-hybridized carbons (Fsp3) is 0.188. The number of nitrogens with one attached hydrogen (secondary N) is 1. The van der Waals surface area contributed by atoms with Gasteiger partial charge in [0.2, 0.25) is 10.0 Å². The zero-order valence-electron chi connectivity index (χ0n) is 12.8. The Morgan fingerprint density at radius 3 is 2.22 bits per heavy atom. The first-order valence-corrected chi connectivity index (χ1v) is 8.74. The Kier molecular flexibility index (Phi) is 5.36. The molecular weight excluding hydrogens is 314 g/mol. The average Bonchev–Trinajstić information content (AvgIpc) is 2.60. The summed E-state index contributed by atoms with van der Waals surface area (Å²) in [5, 5.41) is 0. The van der Waals surface area contributed by atoms with Gasteiger partial charge in [-0.3, -0.25) is 14.5 Å². The van der Waals surface area contributed by atoms with Gasteiger partial charge in [0.15, 0.2) is 0 Å². The molecule has 0 bridgehead atoms. The van der Waals surface area contributed by atoms with Gasteiger partial charge in [0.1, 0.15) is 0 Å². The average molecular weight is 333 g/mol. The number of benzene rings is 2. The number of hydrogen-bond acceptors (Lipinski definition) is 4. The van der Waals surface area contributed by atoms with Crippen LogP contribution in [0.15, 0.2) is 54.6 Å². The molecule has 0 aliphatic rings. The van der Waals surface area contributed by atoms with Crippen LogP contribution in [0.1, 0.15) is 22.8 Å². The predicted molar refractivity (Wildman–Crippen MR) is 90.2 cm³/mol. The van der Waals surface area contributed by atoms with Crippen LogP contribution in [0.25, 0.3) is 0 Å². The van der Waals surface area contributed by atoms with Gasteiger partial charge in [-0.2, -0.15) is 0 Å². The number of para-hydroxylation sites is 1. The minimum absolute atomic E-state index is 0.00948. The summed E-state index contributed by atoms with van der Waals surface area (Å²) in [4.78, 5) is 11.4. The van der Waals surface area contributed by atoms with Crippen molar-refractivity contribution in [3.63, 3.8) is 0 Å². The molecule has 0 radical (unpaired) electrons. The summed E-state index contributed by atoms with van der Waals surface area (Å²) in [6.45, 7) is 1.81. The van der Waals surface area contributed by atoms with Crippen LogP contribution in [0.4, 0.5) is 5.69 Å². The van der Waals surface area contributed by atoms with Crippen molar-refractivity contribution in [3.05, 3.63) is 65.7 Å². The standard InChI is InChI=1S/C16H19N3O3S/c1-2-23(21,22)19(15-6-4-3-5-7-15)12-13-8-10-14(11-9-13)16(20)18-17/h3-11H,2,12,17H2,1H3,(H,18,20). The molecule has 0 aromatic heterocycles. The van der Waals surface area contributed by atoms with Crippen LogP contribution in [0.3, 0.4) is 0 Å². The molecule has 0 fully saturated rings. The quantitative estimate of drug-likeness (QED) is 0.477. The van der Waals surface area contributed by atoms with Gasteiger partial charge in [-0.05, 0) is 36.8 Å². The molecule has 0 aliphatic carbocycles. The van der Waals surface area contributed by atoms with E-state index >= 15 is 0 Å². The lowest BCUT2D eigenvalue weighted by Crippen LogP contribution is -2.32. The van der Waals surface area contributed by atoms with E-state index in [0.29, 0.717) is 11.3 Å². The third-order valence-corrected chi connectivity index (χ3v) is 5.16. The van der Waals surface area contributed by atoms with Gasteiger partial charge in [-0.15, -0.1) is 0 Å². The number of carbonyl (C=O) groups is 1. The number of nitrogens with two attached hydrogens (primary N) is 1. The largest absolute Gasteiger partial charge is 0.290 e. The highest BCUT2D eigenvalue weighted by Gasteiger charge is 2.20. The fourth-order valence-corrected chi connectivity index (χ4v) is 3.21. The van der Waals surface area contributed by atoms with Crippen molar-refractivity contribution >= 4 is 21.6 Å². The Hall–Kier alpha value is -2.38. The van der Waals surface area contributed by atoms with Gasteiger partial charge in [-0.25, -0.2) is 14.3 Å². The lowest BCUT2D eigenvalue weighted by atomic mass is 10.1. The monoisotopic (exact) mass is 333 g/mol. The predicted octanol–water partition coefficient (Wildman–Crippen LogP) is 1.65. The van der Waals surface area contributed by atoms with Gasteiger partial charge in [0.25, 0.3) is 5.91 Å². The molecule has 0 aliphatic heterocycles. The van der Waals surface area contributed by atoms with Crippen molar-refractivity contribution in [2.75, 3.05) is 10.1 Å². The normalized spacial score (nSPS) is 11.0. The molecule has 0 spiro atoms. The minimum Gasteiger partial charge on any atom is -0.290 e. The van der Waals surface area contributed by atoms with E-state index in [4.69, 9.17) is 5.84 Å². The molecule has 122 valence electrons. The van der Waals surface area contributed by atoms with Crippen LogP contribution in [-0.2, 0) is 16.6 Å². The first kappa shape index (κ1) is 17.0. The maximum absolute atomic E-state index is 12.4. The summed E-state index contributed by atoms with van der Waals surface area (Å²) in [5.41, 5.74) is 3.86. The highest BCUT2D eigenvalue weighted by Crippen LogP contribution is 2.21. The summed E-state index contributed by atoms with van der Waals surface area (Å²) < 4.78 is 26.1. The van der Waals surface area contributed by atoms with Crippen molar-refractivity contribution in [2.24, 2.45) is 5.84 Å². The molecular formula is C16H19N3O3S. The second kappa shape index (κ2) is 7.26. The molecule has 0 unspecified atom stereocenters. The van der Waals surface area contributed by atoms with E-state index in [1.807, 2.05) is 6.07 Å². The van der Waals surface area contributed by atoms with Gasteiger partial charge in [0.05, 0.1) is 18.0 Å². The van der Waals surface area contributed by atoms with Crippen LogP contribution in [0, 0.1) is 0 Å². The SMILES string of the molecule is CCS(=O)(=O)N(Cc1ccc(C(=O)NN)cc1)c1ccccc1. The summed E-state index contributed by atoms with van der Waals surface area (Å²) in [7, 11) is -3.41. The molecule has 7 heteroatoms. The number of hydrazine groups is 1. The first-order valence-electron chi connectivity index (χ1n) is 7.13. The molecule has 23 heavy (non-hydrogen) atoms. The molecule has 0 saturated heterocycles. The number of hydrogen-bond donors (Lipinski definition) is 2. The summed E-state index contributed by atoms with van der Waals surface area (Å²) in [5.74, 6) is 4.71. The fourth-order valence-electron chi connectivity index (χ4n) is 2.11. The zero-order valence-corrected chi connectivity index (χ0v) is 13.6. The molecule has 1 amide bonds. The van der Waals surface area contributed by atoms with Crippen molar-refractivity contribution in [1.82, 2.24) is 5.43 Å². The van der Waals surface area contributed by atoms with E-state index in [9.17, 15) is 13.2 Å². The van der Waals surface area contributed by atoms with Crippen molar-refractivity contribution < 1.29 is 13.2 Å². The second-order valence-electron chi connectivity index (χ2n) is 4.91. The molecule has 2 aromatic rings. The second-order valence-corrected chi connectivity index (χ2v) is 7.10. The van der Waals surface area contributed by atoms with Crippen LogP contribution >= 0.6 is 0 Å². The van der Waals surface area contributed by atoms with E-state index < -0.39 is 15.9 Å². The smallest absolute Gasteiger partial charge is 0.265 e. The summed E-state index contributed by atoms with van der Waals surface area (Å²) in [6.07, 6.45) is 0. The molecule has 0 atom stereocenters. The van der Waals surface area contributed by atoms with Gasteiger partial charge in [-0.1, -0.05) is 30.3 Å². The third-order valence-electron chi connectivity index (χ3n) is 3.42. The van der Waals surface area contributed by atoms with E-state index in [-0.39, 0.29) is 12.3 Å². The number of sulfonamides is 1. The minimum atomic E-state index is -3.41.